The highest BCUT2D eigenvalue weighted by Gasteiger charge is 2.38. The SMILES string of the molecule is O=C(Cc1cccc(OC(F)(F)F)c1)ON1C(=O)c2ccccc2C1=O. The molecular formula is C17H10F3NO5. The Kier molecular flexibility index (Phi) is 4.37. The van der Waals surface area contributed by atoms with E-state index >= 15 is 0 Å². The number of halogens is 3. The highest BCUT2D eigenvalue weighted by molar-refractivity contribution is 6.20. The first-order chi connectivity index (χ1) is 12.2. The highest BCUT2D eigenvalue weighted by Crippen LogP contribution is 2.25. The lowest BCUT2D eigenvalue weighted by molar-refractivity contribution is -0.274. The van der Waals surface area contributed by atoms with E-state index in [1.165, 1.54) is 24.3 Å². The van der Waals surface area contributed by atoms with Crippen molar-refractivity contribution < 1.29 is 37.1 Å². The van der Waals surface area contributed by atoms with Crippen LogP contribution in [0.25, 0.3) is 0 Å². The van der Waals surface area contributed by atoms with Gasteiger partial charge in [0.25, 0.3) is 11.8 Å². The second-order valence-electron chi connectivity index (χ2n) is 5.29. The number of ether oxygens (including phenoxy) is 1. The Hall–Kier alpha value is -3.36. The van der Waals surface area contributed by atoms with E-state index < -0.39 is 36.3 Å². The molecule has 0 saturated heterocycles. The summed E-state index contributed by atoms with van der Waals surface area (Å²) in [5.41, 5.74) is 0.366. The maximum Gasteiger partial charge on any atom is 0.573 e. The molecule has 0 atom stereocenters. The zero-order chi connectivity index (χ0) is 18.9. The first-order valence-corrected chi connectivity index (χ1v) is 7.28. The average Bonchev–Trinajstić information content (AvgIpc) is 2.79. The molecule has 2 aromatic rings. The van der Waals surface area contributed by atoms with E-state index in [4.69, 9.17) is 4.84 Å². The number of alkyl halides is 3. The zero-order valence-electron chi connectivity index (χ0n) is 12.9. The van der Waals surface area contributed by atoms with Crippen LogP contribution in [-0.2, 0) is 16.1 Å². The van der Waals surface area contributed by atoms with E-state index in [0.717, 1.165) is 12.1 Å². The van der Waals surface area contributed by atoms with Crippen molar-refractivity contribution in [1.82, 2.24) is 5.06 Å². The van der Waals surface area contributed by atoms with Gasteiger partial charge in [-0.2, -0.15) is 0 Å². The van der Waals surface area contributed by atoms with Crippen molar-refractivity contribution in [3.05, 3.63) is 65.2 Å². The Morgan fingerprint density at radius 3 is 2.15 bits per heavy atom. The minimum atomic E-state index is -4.86. The molecule has 26 heavy (non-hydrogen) atoms. The van der Waals surface area contributed by atoms with Gasteiger partial charge in [0.1, 0.15) is 5.75 Å². The van der Waals surface area contributed by atoms with Crippen molar-refractivity contribution in [2.75, 3.05) is 0 Å². The second kappa shape index (κ2) is 6.51. The van der Waals surface area contributed by atoms with Crippen LogP contribution in [0.3, 0.4) is 0 Å². The lowest BCUT2D eigenvalue weighted by atomic mass is 10.1. The van der Waals surface area contributed by atoms with Crippen LogP contribution >= 0.6 is 0 Å². The van der Waals surface area contributed by atoms with E-state index in [2.05, 4.69) is 4.74 Å². The molecule has 134 valence electrons. The molecule has 0 radical (unpaired) electrons. The molecule has 0 saturated carbocycles. The standard InChI is InChI=1S/C17H10F3NO5/c18-17(19,20)25-11-5-3-4-10(8-11)9-14(22)26-21-15(23)12-6-1-2-7-13(12)16(21)24/h1-8H,9H2. The van der Waals surface area contributed by atoms with Gasteiger partial charge in [0, 0.05) is 0 Å². The Labute approximate surface area is 144 Å². The summed E-state index contributed by atoms with van der Waals surface area (Å²) in [5, 5.41) is 0.336. The number of hydrogen-bond acceptors (Lipinski definition) is 5. The molecule has 9 heteroatoms. The van der Waals surface area contributed by atoms with Crippen LogP contribution in [0, 0.1) is 0 Å². The van der Waals surface area contributed by atoms with Crippen LogP contribution in [0.1, 0.15) is 26.3 Å². The normalized spacial score (nSPS) is 13.6. The van der Waals surface area contributed by atoms with Crippen molar-refractivity contribution in [3.8, 4) is 5.75 Å². The maximum absolute atomic E-state index is 12.2. The summed E-state index contributed by atoms with van der Waals surface area (Å²) < 4.78 is 40.4. The highest BCUT2D eigenvalue weighted by atomic mass is 19.4. The quantitative estimate of drug-likeness (QED) is 0.779. The van der Waals surface area contributed by atoms with Gasteiger partial charge in [-0.25, -0.2) is 4.79 Å². The first kappa shape index (κ1) is 17.5. The number of fused-ring (bicyclic) bond motifs is 1. The average molecular weight is 365 g/mol. The summed E-state index contributed by atoms with van der Waals surface area (Å²) >= 11 is 0. The van der Waals surface area contributed by atoms with Gasteiger partial charge in [-0.15, -0.1) is 13.2 Å². The molecular weight excluding hydrogens is 355 g/mol. The fraction of sp³-hybridized carbons (Fsp3) is 0.118. The van der Waals surface area contributed by atoms with Crippen molar-refractivity contribution in [1.29, 1.82) is 0 Å². The van der Waals surface area contributed by atoms with Gasteiger partial charge < -0.3 is 9.57 Å². The van der Waals surface area contributed by atoms with Crippen molar-refractivity contribution >= 4 is 17.8 Å². The molecule has 2 amide bonds. The molecule has 2 aromatic carbocycles. The smallest absolute Gasteiger partial charge is 0.406 e. The molecule has 1 heterocycles. The first-order valence-electron chi connectivity index (χ1n) is 7.28. The Morgan fingerprint density at radius 2 is 1.58 bits per heavy atom. The van der Waals surface area contributed by atoms with Gasteiger partial charge in [0.15, 0.2) is 0 Å². The number of amides is 2. The third-order valence-corrected chi connectivity index (χ3v) is 3.43. The Balaban J connectivity index is 1.68. The van der Waals surface area contributed by atoms with E-state index in [0.29, 0.717) is 5.06 Å². The number of rotatable bonds is 4. The van der Waals surface area contributed by atoms with Gasteiger partial charge >= 0.3 is 12.3 Å². The molecule has 0 unspecified atom stereocenters. The molecule has 0 aromatic heterocycles. The number of nitrogens with zero attached hydrogens (tertiary/aromatic N) is 1. The third kappa shape index (κ3) is 3.66. The number of benzene rings is 2. The summed E-state index contributed by atoms with van der Waals surface area (Å²) in [6.07, 6.45) is -5.32. The summed E-state index contributed by atoms with van der Waals surface area (Å²) in [7, 11) is 0. The largest absolute Gasteiger partial charge is 0.573 e. The van der Waals surface area contributed by atoms with E-state index in [-0.39, 0.29) is 16.7 Å². The molecule has 3 rings (SSSR count). The van der Waals surface area contributed by atoms with E-state index in [1.807, 2.05) is 0 Å². The van der Waals surface area contributed by atoms with Crippen LogP contribution < -0.4 is 4.74 Å². The zero-order valence-corrected chi connectivity index (χ0v) is 12.9. The number of carbonyl (C=O) groups is 3. The monoisotopic (exact) mass is 365 g/mol. The van der Waals surface area contributed by atoms with Crippen LogP contribution in [0.5, 0.6) is 5.75 Å². The van der Waals surface area contributed by atoms with E-state index in [1.54, 1.807) is 12.1 Å². The lowest BCUT2D eigenvalue weighted by Gasteiger charge is -2.13. The number of carbonyl (C=O) groups excluding carboxylic acids is 3. The van der Waals surface area contributed by atoms with Gasteiger partial charge in [-0.05, 0) is 29.8 Å². The summed E-state index contributed by atoms with van der Waals surface area (Å²) in [4.78, 5) is 40.9. The molecule has 0 fully saturated rings. The van der Waals surface area contributed by atoms with Crippen molar-refractivity contribution in [2.45, 2.75) is 12.8 Å². The Bertz CT molecular complexity index is 859. The lowest BCUT2D eigenvalue weighted by Crippen LogP contribution is -2.33. The molecule has 0 spiro atoms. The molecule has 0 N–H and O–H groups in total. The fourth-order valence-corrected chi connectivity index (χ4v) is 2.40. The predicted octanol–water partition coefficient (Wildman–Crippen LogP) is 2.88. The van der Waals surface area contributed by atoms with Crippen molar-refractivity contribution in [2.24, 2.45) is 0 Å². The summed E-state index contributed by atoms with van der Waals surface area (Å²) in [6, 6.07) is 10.7. The van der Waals surface area contributed by atoms with Crippen LogP contribution in [-0.4, -0.2) is 29.2 Å². The van der Waals surface area contributed by atoms with Crippen molar-refractivity contribution in [3.63, 3.8) is 0 Å². The second-order valence-corrected chi connectivity index (χ2v) is 5.29. The van der Waals surface area contributed by atoms with Gasteiger partial charge in [-0.1, -0.05) is 29.3 Å². The minimum absolute atomic E-state index is 0.103. The number of hydroxylamine groups is 2. The third-order valence-electron chi connectivity index (χ3n) is 3.43. The van der Waals surface area contributed by atoms with Crippen LogP contribution in [0.15, 0.2) is 48.5 Å². The molecule has 1 aliphatic heterocycles. The summed E-state index contributed by atoms with van der Waals surface area (Å²) in [5.74, 6) is -3.05. The maximum atomic E-state index is 12.2. The van der Waals surface area contributed by atoms with Crippen LogP contribution in [0.4, 0.5) is 13.2 Å². The Morgan fingerprint density at radius 1 is 0.962 bits per heavy atom. The van der Waals surface area contributed by atoms with Gasteiger partial charge in [0.05, 0.1) is 17.5 Å². The minimum Gasteiger partial charge on any atom is -0.406 e. The molecule has 0 bridgehead atoms. The van der Waals surface area contributed by atoms with E-state index in [9.17, 15) is 27.6 Å². The number of hydrogen-bond donors (Lipinski definition) is 0. The summed E-state index contributed by atoms with van der Waals surface area (Å²) in [6.45, 7) is 0. The molecule has 0 aliphatic carbocycles. The predicted molar refractivity (Wildman–Crippen MR) is 79.9 cm³/mol. The van der Waals surface area contributed by atoms with Gasteiger partial charge in [-0.3, -0.25) is 9.59 Å². The fourth-order valence-electron chi connectivity index (χ4n) is 2.40. The molecule has 6 nitrogen and oxygen atoms in total. The topological polar surface area (TPSA) is 72.9 Å². The van der Waals surface area contributed by atoms with Gasteiger partial charge in [0.2, 0.25) is 0 Å². The molecule has 1 aliphatic rings. The van der Waals surface area contributed by atoms with Crippen LogP contribution in [0.2, 0.25) is 0 Å². The number of imide groups is 1.